The molecule has 1 fully saturated rings. The Bertz CT molecular complexity index is 213. The zero-order valence-corrected chi connectivity index (χ0v) is 10.7. The molecule has 92 valence electrons. The third-order valence-corrected chi connectivity index (χ3v) is 4.43. The maximum Gasteiger partial charge on any atom is 0.0385 e. The predicted octanol–water partition coefficient (Wildman–Crippen LogP) is 4.75. The van der Waals surface area contributed by atoms with E-state index in [0.717, 1.165) is 6.54 Å². The van der Waals surface area contributed by atoms with Crippen molar-refractivity contribution in [3.63, 3.8) is 0 Å². The van der Waals surface area contributed by atoms with E-state index in [1.54, 1.807) is 0 Å². The molecule has 0 aromatic rings. The van der Waals surface area contributed by atoms with Gasteiger partial charge in [-0.15, -0.1) is 0 Å². The minimum Gasteiger partial charge on any atom is -0.297 e. The summed E-state index contributed by atoms with van der Waals surface area (Å²) < 4.78 is 0. The summed E-state index contributed by atoms with van der Waals surface area (Å²) >= 11 is 0. The van der Waals surface area contributed by atoms with E-state index in [-0.39, 0.29) is 0 Å². The highest BCUT2D eigenvalue weighted by Gasteiger charge is 2.29. The number of nitrogens with zero attached hydrogens (tertiary/aromatic N) is 1. The monoisotopic (exact) mass is 221 g/mol. The van der Waals surface area contributed by atoms with Crippen LogP contribution in [0.2, 0.25) is 0 Å². The van der Waals surface area contributed by atoms with Crippen molar-refractivity contribution < 1.29 is 0 Å². The van der Waals surface area contributed by atoms with E-state index >= 15 is 0 Å². The molecule has 1 aliphatic heterocycles. The number of aliphatic imine (C=N–C) groups is 1. The lowest BCUT2D eigenvalue weighted by molar-refractivity contribution is 0.263. The van der Waals surface area contributed by atoms with Gasteiger partial charge in [-0.25, -0.2) is 0 Å². The van der Waals surface area contributed by atoms with Crippen molar-refractivity contribution in [3.05, 3.63) is 0 Å². The van der Waals surface area contributed by atoms with E-state index in [2.05, 4.69) is 6.21 Å². The average Bonchev–Trinajstić information content (AvgIpc) is 2.37. The summed E-state index contributed by atoms with van der Waals surface area (Å²) in [7, 11) is 0. The van der Waals surface area contributed by atoms with Crippen LogP contribution in [0.1, 0.15) is 77.0 Å². The van der Waals surface area contributed by atoms with Crippen LogP contribution in [0.15, 0.2) is 4.99 Å². The van der Waals surface area contributed by atoms with Crippen LogP contribution in [0.4, 0.5) is 0 Å². The van der Waals surface area contributed by atoms with Gasteiger partial charge in [-0.05, 0) is 25.7 Å². The van der Waals surface area contributed by atoms with E-state index in [1.165, 1.54) is 77.0 Å². The average molecular weight is 221 g/mol. The van der Waals surface area contributed by atoms with Crippen molar-refractivity contribution in [3.8, 4) is 0 Å². The molecule has 0 saturated heterocycles. The fourth-order valence-electron chi connectivity index (χ4n) is 3.35. The van der Waals surface area contributed by atoms with Gasteiger partial charge in [-0.2, -0.15) is 0 Å². The topological polar surface area (TPSA) is 12.4 Å². The van der Waals surface area contributed by atoms with Gasteiger partial charge in [-0.1, -0.05) is 51.4 Å². The normalized spacial score (nSPS) is 27.5. The van der Waals surface area contributed by atoms with Gasteiger partial charge in [0.05, 0.1) is 0 Å². The lowest BCUT2D eigenvalue weighted by atomic mass is 9.72. The van der Waals surface area contributed by atoms with Crippen LogP contribution in [0.5, 0.6) is 0 Å². The molecule has 0 aromatic carbocycles. The quantitative estimate of drug-likeness (QED) is 0.559. The summed E-state index contributed by atoms with van der Waals surface area (Å²) in [6.07, 6.45) is 19.4. The molecule has 1 spiro atoms. The van der Waals surface area contributed by atoms with Crippen molar-refractivity contribution in [2.45, 2.75) is 77.0 Å². The standard InChI is InChI=1S/C15H27N/c1-2-4-9-13-16-14-15(10-6-3-1)11-7-5-8-12-15/h14H,1-13H2. The molecule has 0 amide bonds. The lowest BCUT2D eigenvalue weighted by Gasteiger charge is -2.34. The van der Waals surface area contributed by atoms with Gasteiger partial charge in [0.1, 0.15) is 0 Å². The fraction of sp³-hybridized carbons (Fsp3) is 0.933. The first kappa shape index (κ1) is 12.1. The Morgan fingerprint density at radius 1 is 0.625 bits per heavy atom. The largest absolute Gasteiger partial charge is 0.297 e. The molecule has 16 heavy (non-hydrogen) atoms. The maximum atomic E-state index is 4.73. The molecule has 1 aliphatic carbocycles. The molecule has 0 radical (unpaired) electrons. The first-order valence-electron chi connectivity index (χ1n) is 7.42. The highest BCUT2D eigenvalue weighted by Crippen LogP contribution is 2.39. The van der Waals surface area contributed by atoms with E-state index in [4.69, 9.17) is 4.99 Å². The highest BCUT2D eigenvalue weighted by atomic mass is 14.7. The summed E-state index contributed by atoms with van der Waals surface area (Å²) in [6.45, 7) is 1.09. The highest BCUT2D eigenvalue weighted by molar-refractivity contribution is 5.65. The van der Waals surface area contributed by atoms with Crippen LogP contribution in [0.25, 0.3) is 0 Å². The molecular formula is C15H27N. The molecule has 1 heteroatoms. The number of hydrogen-bond acceptors (Lipinski definition) is 1. The van der Waals surface area contributed by atoms with Crippen molar-refractivity contribution in [1.82, 2.24) is 0 Å². The summed E-state index contributed by atoms with van der Waals surface area (Å²) in [6, 6.07) is 0. The molecule has 0 unspecified atom stereocenters. The molecule has 2 aliphatic rings. The second kappa shape index (κ2) is 6.42. The first-order valence-corrected chi connectivity index (χ1v) is 7.42. The molecule has 0 atom stereocenters. The van der Waals surface area contributed by atoms with E-state index in [9.17, 15) is 0 Å². The van der Waals surface area contributed by atoms with Crippen LogP contribution < -0.4 is 0 Å². The molecule has 2 rings (SSSR count). The van der Waals surface area contributed by atoms with Gasteiger partial charge in [0.15, 0.2) is 0 Å². The smallest absolute Gasteiger partial charge is 0.0385 e. The second-order valence-electron chi connectivity index (χ2n) is 5.83. The van der Waals surface area contributed by atoms with E-state index in [0.29, 0.717) is 5.41 Å². The van der Waals surface area contributed by atoms with Gasteiger partial charge >= 0.3 is 0 Å². The third kappa shape index (κ3) is 3.61. The Morgan fingerprint density at radius 3 is 1.81 bits per heavy atom. The molecule has 0 aromatic heterocycles. The summed E-state index contributed by atoms with van der Waals surface area (Å²) in [5.41, 5.74) is 0.516. The van der Waals surface area contributed by atoms with E-state index in [1.807, 2.05) is 0 Å². The minimum absolute atomic E-state index is 0.516. The van der Waals surface area contributed by atoms with Gasteiger partial charge in [0.25, 0.3) is 0 Å². The van der Waals surface area contributed by atoms with Crippen molar-refractivity contribution >= 4 is 6.21 Å². The van der Waals surface area contributed by atoms with Gasteiger partial charge in [0.2, 0.25) is 0 Å². The van der Waals surface area contributed by atoms with E-state index < -0.39 is 0 Å². The molecule has 1 heterocycles. The zero-order chi connectivity index (χ0) is 11.1. The Hall–Kier alpha value is -0.330. The Morgan fingerprint density at radius 2 is 1.12 bits per heavy atom. The van der Waals surface area contributed by atoms with Crippen LogP contribution >= 0.6 is 0 Å². The number of rotatable bonds is 0. The molecule has 0 bridgehead atoms. The Balaban J connectivity index is 1.94. The Labute approximate surface area is 101 Å². The number of hydrogen-bond donors (Lipinski definition) is 0. The molecule has 1 nitrogen and oxygen atoms in total. The van der Waals surface area contributed by atoms with Crippen molar-refractivity contribution in [2.75, 3.05) is 6.54 Å². The summed E-state index contributed by atoms with van der Waals surface area (Å²) in [4.78, 5) is 4.73. The molecular weight excluding hydrogens is 194 g/mol. The first-order chi connectivity index (χ1) is 7.91. The molecule has 1 saturated carbocycles. The second-order valence-corrected chi connectivity index (χ2v) is 5.83. The molecule has 0 N–H and O–H groups in total. The minimum atomic E-state index is 0.516. The SMILES string of the molecule is C1=NCCCCCCCCC12CCCCC2. The Kier molecular flexibility index (Phi) is 4.87. The maximum absolute atomic E-state index is 4.73. The van der Waals surface area contributed by atoms with Gasteiger partial charge in [0, 0.05) is 18.2 Å². The van der Waals surface area contributed by atoms with Crippen LogP contribution in [-0.4, -0.2) is 12.8 Å². The zero-order valence-electron chi connectivity index (χ0n) is 10.7. The summed E-state index contributed by atoms with van der Waals surface area (Å²) in [5.74, 6) is 0. The van der Waals surface area contributed by atoms with Crippen LogP contribution in [0, 0.1) is 5.41 Å². The van der Waals surface area contributed by atoms with Crippen molar-refractivity contribution in [1.29, 1.82) is 0 Å². The van der Waals surface area contributed by atoms with Gasteiger partial charge < -0.3 is 0 Å². The fourth-order valence-corrected chi connectivity index (χ4v) is 3.35. The van der Waals surface area contributed by atoms with Gasteiger partial charge in [-0.3, -0.25) is 4.99 Å². The van der Waals surface area contributed by atoms with Crippen LogP contribution in [-0.2, 0) is 0 Å². The van der Waals surface area contributed by atoms with Crippen LogP contribution in [0.3, 0.4) is 0 Å². The predicted molar refractivity (Wildman–Crippen MR) is 71.2 cm³/mol. The third-order valence-electron chi connectivity index (χ3n) is 4.43. The lowest BCUT2D eigenvalue weighted by Crippen LogP contribution is -2.26. The van der Waals surface area contributed by atoms with Crippen molar-refractivity contribution in [2.24, 2.45) is 10.4 Å². The summed E-state index contributed by atoms with van der Waals surface area (Å²) in [5, 5.41) is 0.